The number of carbonyl (C=O) groups is 2. The topological polar surface area (TPSA) is 46.6 Å². The summed E-state index contributed by atoms with van der Waals surface area (Å²) in [6.07, 6.45) is -4.82. The van der Waals surface area contributed by atoms with Crippen LogP contribution in [-0.2, 0) is 27.0 Å². The van der Waals surface area contributed by atoms with Crippen LogP contribution in [0.25, 0.3) is 0 Å². The normalized spacial score (nSPS) is 18.7. The molecule has 0 bridgehead atoms. The Labute approximate surface area is 123 Å². The molecule has 1 aliphatic heterocycles. The highest BCUT2D eigenvalue weighted by atomic mass is 19.4. The highest BCUT2D eigenvalue weighted by molar-refractivity contribution is 5.86. The molecule has 1 fully saturated rings. The monoisotopic (exact) mass is 319 g/mol. The van der Waals surface area contributed by atoms with Crippen molar-refractivity contribution in [2.45, 2.75) is 19.1 Å². The van der Waals surface area contributed by atoms with Crippen LogP contribution in [0.2, 0.25) is 0 Å². The van der Waals surface area contributed by atoms with E-state index in [9.17, 15) is 27.2 Å². The maximum atomic E-state index is 13.0. The molecule has 0 N–H and O–H groups in total. The standard InChI is InChI=1S/C14H13F4NO3/c1-22-13(21)9-4-12(20)19(7-9)6-8-2-3-10(15)5-11(8)14(16,17)18/h2-3,5,9H,4,6-7H2,1H3. The van der Waals surface area contributed by atoms with Crippen molar-refractivity contribution in [2.24, 2.45) is 5.92 Å². The predicted molar refractivity (Wildman–Crippen MR) is 66.9 cm³/mol. The summed E-state index contributed by atoms with van der Waals surface area (Å²) in [5.74, 6) is -2.71. The molecule has 1 atom stereocenters. The molecule has 1 unspecified atom stereocenters. The van der Waals surface area contributed by atoms with Crippen molar-refractivity contribution in [3.05, 3.63) is 35.1 Å². The SMILES string of the molecule is COC(=O)C1CC(=O)N(Cc2ccc(F)cc2C(F)(F)F)C1. The number of halogens is 4. The lowest BCUT2D eigenvalue weighted by atomic mass is 10.1. The zero-order chi connectivity index (χ0) is 16.5. The Morgan fingerprint density at radius 2 is 2.09 bits per heavy atom. The molecule has 8 heteroatoms. The summed E-state index contributed by atoms with van der Waals surface area (Å²) in [5.41, 5.74) is -1.34. The first kappa shape index (κ1) is 16.3. The zero-order valence-electron chi connectivity index (χ0n) is 11.6. The summed E-state index contributed by atoms with van der Waals surface area (Å²) in [4.78, 5) is 24.3. The average molecular weight is 319 g/mol. The molecule has 0 spiro atoms. The summed E-state index contributed by atoms with van der Waals surface area (Å²) >= 11 is 0. The number of esters is 1. The van der Waals surface area contributed by atoms with Gasteiger partial charge in [0.1, 0.15) is 5.82 Å². The number of carbonyl (C=O) groups excluding carboxylic acids is 2. The molecular weight excluding hydrogens is 306 g/mol. The number of rotatable bonds is 3. The quantitative estimate of drug-likeness (QED) is 0.635. The maximum Gasteiger partial charge on any atom is 0.416 e. The van der Waals surface area contributed by atoms with Crippen LogP contribution in [0.5, 0.6) is 0 Å². The molecule has 0 aliphatic carbocycles. The molecule has 1 aliphatic rings. The van der Waals surface area contributed by atoms with Gasteiger partial charge < -0.3 is 9.64 Å². The Morgan fingerprint density at radius 1 is 1.41 bits per heavy atom. The Balaban J connectivity index is 2.21. The van der Waals surface area contributed by atoms with Gasteiger partial charge in [-0.15, -0.1) is 0 Å². The maximum absolute atomic E-state index is 13.0. The van der Waals surface area contributed by atoms with E-state index in [1.807, 2.05) is 0 Å². The van der Waals surface area contributed by atoms with Crippen molar-refractivity contribution in [1.29, 1.82) is 0 Å². The van der Waals surface area contributed by atoms with Crippen molar-refractivity contribution >= 4 is 11.9 Å². The van der Waals surface area contributed by atoms with Crippen LogP contribution < -0.4 is 0 Å². The molecule has 2 rings (SSSR count). The van der Waals surface area contributed by atoms with Crippen molar-refractivity contribution < 1.29 is 31.9 Å². The highest BCUT2D eigenvalue weighted by Gasteiger charge is 2.38. The summed E-state index contributed by atoms with van der Waals surface area (Å²) in [7, 11) is 1.18. The number of hydrogen-bond acceptors (Lipinski definition) is 3. The molecule has 1 heterocycles. The lowest BCUT2D eigenvalue weighted by molar-refractivity contribution is -0.145. The number of methoxy groups -OCH3 is 1. The van der Waals surface area contributed by atoms with Gasteiger partial charge in [-0.25, -0.2) is 4.39 Å². The van der Waals surface area contributed by atoms with Gasteiger partial charge in [0.25, 0.3) is 0 Å². The number of benzene rings is 1. The van der Waals surface area contributed by atoms with Crippen LogP contribution in [0.1, 0.15) is 17.5 Å². The van der Waals surface area contributed by atoms with Crippen molar-refractivity contribution in [3.8, 4) is 0 Å². The van der Waals surface area contributed by atoms with Crippen molar-refractivity contribution in [1.82, 2.24) is 4.90 Å². The molecule has 1 amide bonds. The molecule has 1 saturated heterocycles. The third kappa shape index (κ3) is 3.37. The van der Waals surface area contributed by atoms with Gasteiger partial charge in [0.2, 0.25) is 5.91 Å². The zero-order valence-corrected chi connectivity index (χ0v) is 11.6. The smallest absolute Gasteiger partial charge is 0.416 e. The minimum Gasteiger partial charge on any atom is -0.469 e. The second-order valence-corrected chi connectivity index (χ2v) is 5.00. The summed E-state index contributed by atoms with van der Waals surface area (Å²) in [6, 6.07) is 2.30. The van der Waals surface area contributed by atoms with E-state index in [0.29, 0.717) is 6.07 Å². The average Bonchev–Trinajstić information content (AvgIpc) is 2.80. The van der Waals surface area contributed by atoms with Crippen molar-refractivity contribution in [2.75, 3.05) is 13.7 Å². The molecule has 1 aromatic carbocycles. The molecule has 0 aromatic heterocycles. The number of ether oxygens (including phenoxy) is 1. The van der Waals surface area contributed by atoms with Gasteiger partial charge in [-0.2, -0.15) is 13.2 Å². The van der Waals surface area contributed by atoms with E-state index >= 15 is 0 Å². The van der Waals surface area contributed by atoms with E-state index in [-0.39, 0.29) is 25.1 Å². The lowest BCUT2D eigenvalue weighted by Gasteiger charge is -2.19. The largest absolute Gasteiger partial charge is 0.469 e. The Hall–Kier alpha value is -2.12. The molecule has 0 radical (unpaired) electrons. The summed E-state index contributed by atoms with van der Waals surface area (Å²) < 4.78 is 56.3. The van der Waals surface area contributed by atoms with E-state index in [1.165, 1.54) is 7.11 Å². The molecule has 4 nitrogen and oxygen atoms in total. The van der Waals surface area contributed by atoms with E-state index in [0.717, 1.165) is 17.0 Å². The number of alkyl halides is 3. The number of nitrogens with zero attached hydrogens (tertiary/aromatic N) is 1. The van der Waals surface area contributed by atoms with E-state index in [4.69, 9.17) is 0 Å². The van der Waals surface area contributed by atoms with Gasteiger partial charge in [-0.05, 0) is 17.7 Å². The second kappa shape index (κ2) is 5.94. The number of likely N-dealkylation sites (tertiary alicyclic amines) is 1. The van der Waals surface area contributed by atoms with Crippen LogP contribution in [0.15, 0.2) is 18.2 Å². The summed E-state index contributed by atoms with van der Waals surface area (Å²) in [5, 5.41) is 0. The molecule has 1 aromatic rings. The van der Waals surface area contributed by atoms with Crippen LogP contribution in [0.4, 0.5) is 17.6 Å². The van der Waals surface area contributed by atoms with Crippen LogP contribution in [0.3, 0.4) is 0 Å². The first-order chi connectivity index (χ1) is 10.2. The van der Waals surface area contributed by atoms with Crippen LogP contribution in [0, 0.1) is 11.7 Å². The molecule has 0 saturated carbocycles. The number of amides is 1. The Kier molecular flexibility index (Phi) is 4.39. The fraction of sp³-hybridized carbons (Fsp3) is 0.429. The first-order valence-corrected chi connectivity index (χ1v) is 6.43. The fourth-order valence-electron chi connectivity index (χ4n) is 2.41. The summed E-state index contributed by atoms with van der Waals surface area (Å²) in [6.45, 7) is -0.346. The fourth-order valence-corrected chi connectivity index (χ4v) is 2.41. The van der Waals surface area contributed by atoms with Crippen LogP contribution in [-0.4, -0.2) is 30.4 Å². The van der Waals surface area contributed by atoms with Crippen molar-refractivity contribution in [3.63, 3.8) is 0 Å². The highest BCUT2D eigenvalue weighted by Crippen LogP contribution is 2.34. The van der Waals surface area contributed by atoms with Gasteiger partial charge >= 0.3 is 12.1 Å². The first-order valence-electron chi connectivity index (χ1n) is 6.43. The Bertz CT molecular complexity index is 600. The Morgan fingerprint density at radius 3 is 2.68 bits per heavy atom. The molecular formula is C14H13F4NO3. The lowest BCUT2D eigenvalue weighted by Crippen LogP contribution is -2.27. The molecule has 120 valence electrons. The van der Waals surface area contributed by atoms with E-state index in [1.54, 1.807) is 0 Å². The third-order valence-electron chi connectivity index (χ3n) is 3.49. The predicted octanol–water partition coefficient (Wildman–Crippen LogP) is 2.37. The van der Waals surface area contributed by atoms with E-state index < -0.39 is 35.4 Å². The van der Waals surface area contributed by atoms with Gasteiger partial charge in [-0.1, -0.05) is 6.07 Å². The van der Waals surface area contributed by atoms with E-state index in [2.05, 4.69) is 4.74 Å². The molecule has 22 heavy (non-hydrogen) atoms. The minimum absolute atomic E-state index is 0.0137. The van der Waals surface area contributed by atoms with Gasteiger partial charge in [0.15, 0.2) is 0 Å². The van der Waals surface area contributed by atoms with Gasteiger partial charge in [0, 0.05) is 19.5 Å². The second-order valence-electron chi connectivity index (χ2n) is 5.00. The third-order valence-corrected chi connectivity index (χ3v) is 3.49. The van der Waals surface area contributed by atoms with Gasteiger partial charge in [0.05, 0.1) is 18.6 Å². The van der Waals surface area contributed by atoms with Crippen LogP contribution >= 0.6 is 0 Å². The minimum atomic E-state index is -4.72. The number of hydrogen-bond donors (Lipinski definition) is 0. The van der Waals surface area contributed by atoms with Gasteiger partial charge in [-0.3, -0.25) is 9.59 Å².